The molecular weight excluding hydrogens is 430 g/mol. The Kier molecular flexibility index (Phi) is 8.14. The van der Waals surface area contributed by atoms with Gasteiger partial charge in [-0.15, -0.1) is 23.1 Å². The molecule has 0 spiro atoms. The van der Waals surface area contributed by atoms with Gasteiger partial charge in [0.05, 0.1) is 19.0 Å². The van der Waals surface area contributed by atoms with E-state index in [0.717, 1.165) is 21.8 Å². The average Bonchev–Trinajstić information content (AvgIpc) is 3.18. The molecule has 0 aliphatic rings. The maximum atomic E-state index is 12.7. The highest BCUT2D eigenvalue weighted by Crippen LogP contribution is 2.37. The van der Waals surface area contributed by atoms with Crippen molar-refractivity contribution in [2.75, 3.05) is 24.3 Å². The van der Waals surface area contributed by atoms with Gasteiger partial charge in [-0.1, -0.05) is 29.8 Å². The number of carbonyl (C=O) groups excluding carboxylic acids is 2. The van der Waals surface area contributed by atoms with E-state index in [-0.39, 0.29) is 18.3 Å². The van der Waals surface area contributed by atoms with Gasteiger partial charge in [-0.3, -0.25) is 4.79 Å². The van der Waals surface area contributed by atoms with Gasteiger partial charge in [0.2, 0.25) is 5.91 Å². The summed E-state index contributed by atoms with van der Waals surface area (Å²) in [5.74, 6) is 0.396. The van der Waals surface area contributed by atoms with Crippen LogP contribution < -0.4 is 10.1 Å². The van der Waals surface area contributed by atoms with E-state index < -0.39 is 5.97 Å². The number of rotatable bonds is 9. The molecule has 1 aromatic heterocycles. The lowest BCUT2D eigenvalue weighted by Gasteiger charge is -2.09. The normalized spacial score (nSPS) is 10.5. The van der Waals surface area contributed by atoms with Crippen molar-refractivity contribution >= 4 is 40.0 Å². The number of thioether (sulfide) groups is 1. The van der Waals surface area contributed by atoms with Crippen molar-refractivity contribution in [3.63, 3.8) is 0 Å². The molecule has 1 amide bonds. The summed E-state index contributed by atoms with van der Waals surface area (Å²) in [4.78, 5) is 26.3. The Morgan fingerprint density at radius 2 is 1.71 bits per heavy atom. The zero-order chi connectivity index (χ0) is 22.2. The van der Waals surface area contributed by atoms with E-state index in [1.165, 1.54) is 28.7 Å². The van der Waals surface area contributed by atoms with E-state index in [2.05, 4.69) is 5.32 Å². The number of esters is 1. The largest absolute Gasteiger partial charge is 0.494 e. The second kappa shape index (κ2) is 11.0. The minimum Gasteiger partial charge on any atom is -0.494 e. The fraction of sp³-hybridized carbons (Fsp3) is 0.250. The van der Waals surface area contributed by atoms with Crippen LogP contribution in [0.3, 0.4) is 0 Å². The molecule has 0 aliphatic heterocycles. The van der Waals surface area contributed by atoms with Gasteiger partial charge in [0.15, 0.2) is 0 Å². The van der Waals surface area contributed by atoms with Crippen LogP contribution >= 0.6 is 23.1 Å². The van der Waals surface area contributed by atoms with E-state index >= 15 is 0 Å². The molecule has 0 saturated carbocycles. The molecule has 1 N–H and O–H groups in total. The van der Waals surface area contributed by atoms with E-state index in [1.807, 2.05) is 67.8 Å². The van der Waals surface area contributed by atoms with Crippen molar-refractivity contribution < 1.29 is 19.1 Å². The molecule has 31 heavy (non-hydrogen) atoms. The second-order valence-corrected chi connectivity index (χ2v) is 8.61. The van der Waals surface area contributed by atoms with E-state index in [1.54, 1.807) is 6.92 Å². The molecular formula is C24H25NO4S2. The minimum atomic E-state index is -0.450. The molecule has 3 aromatic rings. The molecule has 0 bridgehead atoms. The van der Waals surface area contributed by atoms with Crippen molar-refractivity contribution in [1.29, 1.82) is 0 Å². The number of amides is 1. The maximum absolute atomic E-state index is 12.7. The van der Waals surface area contributed by atoms with Gasteiger partial charge in [0.1, 0.15) is 16.3 Å². The molecule has 5 nitrogen and oxygen atoms in total. The Morgan fingerprint density at radius 1 is 1.00 bits per heavy atom. The van der Waals surface area contributed by atoms with Gasteiger partial charge < -0.3 is 14.8 Å². The standard InChI is InChI=1S/C24H25NO4S2/c1-4-28-18-10-8-17(9-11-18)20-14-31-23(22(20)24(27)29-5-2)25-21(26)15-30-19-12-6-16(3)7-13-19/h6-14H,4-5,15H2,1-3H3,(H,25,26). The van der Waals surface area contributed by atoms with Crippen LogP contribution in [0.2, 0.25) is 0 Å². The van der Waals surface area contributed by atoms with E-state index in [9.17, 15) is 9.59 Å². The quantitative estimate of drug-likeness (QED) is 0.315. The van der Waals surface area contributed by atoms with Crippen molar-refractivity contribution in [2.45, 2.75) is 25.7 Å². The van der Waals surface area contributed by atoms with E-state index in [0.29, 0.717) is 17.2 Å². The summed E-state index contributed by atoms with van der Waals surface area (Å²) >= 11 is 2.77. The van der Waals surface area contributed by atoms with Crippen LogP contribution in [0.4, 0.5) is 5.00 Å². The van der Waals surface area contributed by atoms with Gasteiger partial charge in [-0.25, -0.2) is 4.79 Å². The Balaban J connectivity index is 1.78. The van der Waals surface area contributed by atoms with Crippen molar-refractivity contribution in [3.8, 4) is 16.9 Å². The predicted molar refractivity (Wildman–Crippen MR) is 127 cm³/mol. The number of ether oxygens (including phenoxy) is 2. The van der Waals surface area contributed by atoms with Gasteiger partial charge in [-0.2, -0.15) is 0 Å². The molecule has 2 aromatic carbocycles. The fourth-order valence-electron chi connectivity index (χ4n) is 2.91. The first-order valence-electron chi connectivity index (χ1n) is 10.0. The molecule has 0 unspecified atom stereocenters. The third-order valence-corrected chi connectivity index (χ3v) is 6.30. The van der Waals surface area contributed by atoms with Crippen LogP contribution in [0.5, 0.6) is 5.75 Å². The first-order chi connectivity index (χ1) is 15.0. The monoisotopic (exact) mass is 455 g/mol. The summed E-state index contributed by atoms with van der Waals surface area (Å²) in [5, 5.41) is 5.25. The number of aryl methyl sites for hydroxylation is 1. The SMILES string of the molecule is CCOC(=O)c1c(-c2ccc(OCC)cc2)csc1NC(=O)CSc1ccc(C)cc1. The maximum Gasteiger partial charge on any atom is 0.341 e. The lowest BCUT2D eigenvalue weighted by atomic mass is 10.0. The summed E-state index contributed by atoms with van der Waals surface area (Å²) in [6.45, 7) is 6.56. The molecule has 0 fully saturated rings. The molecule has 0 aliphatic carbocycles. The Labute approximate surface area is 190 Å². The Bertz CT molecular complexity index is 1030. The van der Waals surface area contributed by atoms with Crippen LogP contribution in [-0.2, 0) is 9.53 Å². The number of hydrogen-bond donors (Lipinski definition) is 1. The molecule has 3 rings (SSSR count). The first kappa shape index (κ1) is 22.9. The van der Waals surface area contributed by atoms with Gasteiger partial charge >= 0.3 is 5.97 Å². The van der Waals surface area contributed by atoms with E-state index in [4.69, 9.17) is 9.47 Å². The van der Waals surface area contributed by atoms with Gasteiger partial charge in [0, 0.05) is 15.8 Å². The first-order valence-corrected chi connectivity index (χ1v) is 11.9. The number of benzene rings is 2. The average molecular weight is 456 g/mol. The minimum absolute atomic E-state index is 0.170. The summed E-state index contributed by atoms with van der Waals surface area (Å²) in [7, 11) is 0. The number of hydrogen-bond acceptors (Lipinski definition) is 6. The van der Waals surface area contributed by atoms with Crippen molar-refractivity contribution in [3.05, 3.63) is 65.0 Å². The second-order valence-electron chi connectivity index (χ2n) is 6.68. The molecule has 7 heteroatoms. The number of thiophene rings is 1. The Morgan fingerprint density at radius 3 is 2.35 bits per heavy atom. The van der Waals surface area contributed by atoms with Crippen LogP contribution in [-0.4, -0.2) is 30.8 Å². The molecule has 0 atom stereocenters. The third-order valence-electron chi connectivity index (χ3n) is 4.39. The number of carbonyl (C=O) groups is 2. The highest BCUT2D eigenvalue weighted by atomic mass is 32.2. The summed E-state index contributed by atoms with van der Waals surface area (Å²) < 4.78 is 10.8. The van der Waals surface area contributed by atoms with Crippen LogP contribution in [0.1, 0.15) is 29.8 Å². The smallest absolute Gasteiger partial charge is 0.341 e. The summed E-state index contributed by atoms with van der Waals surface area (Å²) in [6.07, 6.45) is 0. The molecule has 162 valence electrons. The zero-order valence-corrected chi connectivity index (χ0v) is 19.4. The predicted octanol–water partition coefficient (Wildman–Crippen LogP) is 6.03. The van der Waals surface area contributed by atoms with Crippen LogP contribution in [0, 0.1) is 6.92 Å². The Hall–Kier alpha value is -2.77. The van der Waals surface area contributed by atoms with Gasteiger partial charge in [0.25, 0.3) is 0 Å². The third kappa shape index (κ3) is 6.12. The summed E-state index contributed by atoms with van der Waals surface area (Å²) in [6, 6.07) is 15.5. The van der Waals surface area contributed by atoms with Crippen LogP contribution in [0.15, 0.2) is 58.8 Å². The van der Waals surface area contributed by atoms with Gasteiger partial charge in [-0.05, 0) is 50.6 Å². The number of nitrogens with one attached hydrogen (secondary N) is 1. The highest BCUT2D eigenvalue weighted by molar-refractivity contribution is 8.00. The van der Waals surface area contributed by atoms with Crippen LogP contribution in [0.25, 0.3) is 11.1 Å². The number of anilines is 1. The van der Waals surface area contributed by atoms with Crippen molar-refractivity contribution in [2.24, 2.45) is 0 Å². The molecule has 0 radical (unpaired) electrons. The topological polar surface area (TPSA) is 64.6 Å². The summed E-state index contributed by atoms with van der Waals surface area (Å²) in [5.41, 5.74) is 3.14. The molecule has 0 saturated heterocycles. The highest BCUT2D eigenvalue weighted by Gasteiger charge is 2.23. The fourth-order valence-corrected chi connectivity index (χ4v) is 4.58. The lowest BCUT2D eigenvalue weighted by Crippen LogP contribution is -2.16. The zero-order valence-electron chi connectivity index (χ0n) is 17.8. The van der Waals surface area contributed by atoms with Crippen molar-refractivity contribution in [1.82, 2.24) is 0 Å². The molecule has 1 heterocycles. The lowest BCUT2D eigenvalue weighted by molar-refractivity contribution is -0.113.